The van der Waals surface area contributed by atoms with Crippen molar-refractivity contribution in [3.8, 4) is 0 Å². The van der Waals surface area contributed by atoms with Crippen molar-refractivity contribution in [2.45, 2.75) is 52.7 Å². The predicted octanol–water partition coefficient (Wildman–Crippen LogP) is 2.97. The molecule has 1 aromatic carbocycles. The van der Waals surface area contributed by atoms with Gasteiger partial charge in [0.2, 0.25) is 0 Å². The van der Waals surface area contributed by atoms with Gasteiger partial charge in [0.15, 0.2) is 5.96 Å². The minimum absolute atomic E-state index is 0.0691. The van der Waals surface area contributed by atoms with Gasteiger partial charge in [-0.15, -0.1) is 11.3 Å². The Morgan fingerprint density at radius 2 is 2.16 bits per heavy atom. The van der Waals surface area contributed by atoms with Crippen LogP contribution in [0.25, 0.3) is 0 Å². The summed E-state index contributed by atoms with van der Waals surface area (Å²) in [5.41, 5.74) is 2.76. The van der Waals surface area contributed by atoms with Crippen LogP contribution < -0.4 is 16.0 Å². The van der Waals surface area contributed by atoms with Gasteiger partial charge in [-0.3, -0.25) is 4.79 Å². The van der Waals surface area contributed by atoms with E-state index in [9.17, 15) is 4.79 Å². The van der Waals surface area contributed by atoms with Crippen LogP contribution in [-0.4, -0.2) is 49.2 Å². The fourth-order valence-electron chi connectivity index (χ4n) is 3.37. The number of ether oxygens (including phenoxy) is 1. The molecule has 1 atom stereocenters. The number of guanidine groups is 1. The Balaban J connectivity index is 1.52. The molecular weight excluding hydrogens is 410 g/mol. The highest BCUT2D eigenvalue weighted by Gasteiger charge is 2.16. The van der Waals surface area contributed by atoms with E-state index < -0.39 is 0 Å². The Hall–Kier alpha value is -2.45. The molecule has 0 aliphatic carbocycles. The van der Waals surface area contributed by atoms with Gasteiger partial charge in [0.25, 0.3) is 5.91 Å². The zero-order chi connectivity index (χ0) is 22.1. The topological polar surface area (TPSA) is 87.6 Å². The average Bonchev–Trinajstić information content (AvgIpc) is 3.40. The molecule has 7 nitrogen and oxygen atoms in total. The van der Waals surface area contributed by atoms with E-state index in [-0.39, 0.29) is 12.0 Å². The Morgan fingerprint density at radius 3 is 2.87 bits per heavy atom. The molecule has 8 heteroatoms. The molecule has 1 amide bonds. The average molecular weight is 444 g/mol. The zero-order valence-electron chi connectivity index (χ0n) is 18.7. The molecule has 1 saturated heterocycles. The molecule has 1 aliphatic rings. The van der Waals surface area contributed by atoms with Crippen LogP contribution in [0.5, 0.6) is 0 Å². The molecule has 3 rings (SSSR count). The second-order valence-corrected chi connectivity index (χ2v) is 8.95. The summed E-state index contributed by atoms with van der Waals surface area (Å²) in [5.74, 6) is 0.695. The largest absolute Gasteiger partial charge is 0.376 e. The van der Waals surface area contributed by atoms with Gasteiger partial charge >= 0.3 is 0 Å². The van der Waals surface area contributed by atoms with Crippen molar-refractivity contribution in [3.05, 3.63) is 51.0 Å². The lowest BCUT2D eigenvalue weighted by Gasteiger charge is -2.12. The number of benzene rings is 1. The molecule has 3 N–H and O–H groups in total. The Labute approximate surface area is 188 Å². The number of aromatic nitrogens is 1. The first-order chi connectivity index (χ1) is 15.0. The maximum absolute atomic E-state index is 12.5. The van der Waals surface area contributed by atoms with E-state index in [0.717, 1.165) is 61.2 Å². The standard InChI is InChI=1S/C23H33N5O2S/c1-4-24-23(25-11-10-21-28-16(2)17(3)31-21)27-14-18-7-5-8-19(13-18)22(29)26-15-20-9-6-12-30-20/h5,7-8,13,20H,4,6,9-12,14-15H2,1-3H3,(H,26,29)(H2,24,25,27). The molecule has 1 unspecified atom stereocenters. The van der Waals surface area contributed by atoms with Gasteiger partial charge < -0.3 is 20.7 Å². The normalized spacial score (nSPS) is 16.4. The van der Waals surface area contributed by atoms with Crippen molar-refractivity contribution in [2.75, 3.05) is 26.2 Å². The molecule has 1 aromatic heterocycles. The van der Waals surface area contributed by atoms with E-state index >= 15 is 0 Å². The number of hydrogen-bond donors (Lipinski definition) is 3. The number of nitrogens with one attached hydrogen (secondary N) is 3. The number of rotatable bonds is 9. The number of aryl methyl sites for hydroxylation is 2. The van der Waals surface area contributed by atoms with E-state index in [0.29, 0.717) is 18.7 Å². The lowest BCUT2D eigenvalue weighted by Crippen LogP contribution is -2.38. The minimum atomic E-state index is -0.0691. The summed E-state index contributed by atoms with van der Waals surface area (Å²) in [7, 11) is 0. The molecule has 0 saturated carbocycles. The van der Waals surface area contributed by atoms with Crippen LogP contribution in [-0.2, 0) is 17.7 Å². The van der Waals surface area contributed by atoms with Gasteiger partial charge in [0.1, 0.15) is 0 Å². The number of amides is 1. The number of aliphatic imine (C=N–C) groups is 1. The Morgan fingerprint density at radius 1 is 1.29 bits per heavy atom. The molecule has 0 radical (unpaired) electrons. The zero-order valence-corrected chi connectivity index (χ0v) is 19.5. The molecule has 0 bridgehead atoms. The quantitative estimate of drug-likeness (QED) is 0.410. The summed E-state index contributed by atoms with van der Waals surface area (Å²) < 4.78 is 5.57. The van der Waals surface area contributed by atoms with Crippen molar-refractivity contribution in [1.82, 2.24) is 20.9 Å². The van der Waals surface area contributed by atoms with Crippen molar-refractivity contribution in [1.29, 1.82) is 0 Å². The lowest BCUT2D eigenvalue weighted by molar-refractivity contribution is 0.0857. The Bertz CT molecular complexity index is 870. The monoisotopic (exact) mass is 443 g/mol. The summed E-state index contributed by atoms with van der Waals surface area (Å²) in [6, 6.07) is 7.63. The van der Waals surface area contributed by atoms with E-state index in [2.05, 4.69) is 32.9 Å². The van der Waals surface area contributed by atoms with Gasteiger partial charge in [-0.05, 0) is 51.3 Å². The Kier molecular flexibility index (Phi) is 8.85. The van der Waals surface area contributed by atoms with E-state index in [1.165, 1.54) is 4.88 Å². The molecular formula is C23H33N5O2S. The van der Waals surface area contributed by atoms with Crippen LogP contribution in [0.4, 0.5) is 0 Å². The van der Waals surface area contributed by atoms with E-state index in [1.807, 2.05) is 38.1 Å². The second kappa shape index (κ2) is 11.8. The first-order valence-electron chi connectivity index (χ1n) is 11.0. The van der Waals surface area contributed by atoms with Crippen molar-refractivity contribution in [2.24, 2.45) is 4.99 Å². The molecule has 31 heavy (non-hydrogen) atoms. The first-order valence-corrected chi connectivity index (χ1v) is 11.8. The summed E-state index contributed by atoms with van der Waals surface area (Å²) in [6.45, 7) is 9.60. The van der Waals surface area contributed by atoms with Crippen molar-refractivity contribution < 1.29 is 9.53 Å². The summed E-state index contributed by atoms with van der Waals surface area (Å²) >= 11 is 1.75. The minimum Gasteiger partial charge on any atom is -0.376 e. The molecule has 1 fully saturated rings. The highest BCUT2D eigenvalue weighted by atomic mass is 32.1. The van der Waals surface area contributed by atoms with Crippen LogP contribution >= 0.6 is 11.3 Å². The van der Waals surface area contributed by atoms with Crippen LogP contribution in [0.3, 0.4) is 0 Å². The summed E-state index contributed by atoms with van der Waals surface area (Å²) in [4.78, 5) is 23.0. The van der Waals surface area contributed by atoms with Gasteiger partial charge in [-0.1, -0.05) is 12.1 Å². The number of carbonyl (C=O) groups is 1. The SMILES string of the molecule is CCNC(=NCc1cccc(C(=O)NCC2CCCO2)c1)NCCc1nc(C)c(C)s1. The third-order valence-corrected chi connectivity index (χ3v) is 6.30. The molecule has 1 aliphatic heterocycles. The smallest absolute Gasteiger partial charge is 0.251 e. The number of nitrogens with zero attached hydrogens (tertiary/aromatic N) is 2. The van der Waals surface area contributed by atoms with Gasteiger partial charge in [0, 0.05) is 43.1 Å². The third kappa shape index (κ3) is 7.33. The summed E-state index contributed by atoms with van der Waals surface area (Å²) in [5, 5.41) is 10.8. The number of hydrogen-bond acceptors (Lipinski definition) is 5. The first kappa shape index (κ1) is 23.2. The predicted molar refractivity (Wildman–Crippen MR) is 126 cm³/mol. The van der Waals surface area contributed by atoms with E-state index in [4.69, 9.17) is 4.74 Å². The highest BCUT2D eigenvalue weighted by molar-refractivity contribution is 7.11. The maximum atomic E-state index is 12.5. The fraction of sp³-hybridized carbons (Fsp3) is 0.522. The maximum Gasteiger partial charge on any atom is 0.251 e. The molecule has 2 aromatic rings. The van der Waals surface area contributed by atoms with Crippen LogP contribution in [0.2, 0.25) is 0 Å². The second-order valence-electron chi connectivity index (χ2n) is 7.67. The number of carbonyl (C=O) groups excluding carboxylic acids is 1. The lowest BCUT2D eigenvalue weighted by atomic mass is 10.1. The molecule has 168 valence electrons. The van der Waals surface area contributed by atoms with E-state index in [1.54, 1.807) is 11.3 Å². The van der Waals surface area contributed by atoms with Gasteiger partial charge in [-0.25, -0.2) is 9.98 Å². The van der Waals surface area contributed by atoms with Gasteiger partial charge in [-0.2, -0.15) is 0 Å². The fourth-order valence-corrected chi connectivity index (χ4v) is 4.30. The van der Waals surface area contributed by atoms with Crippen LogP contribution in [0.1, 0.15) is 51.3 Å². The van der Waals surface area contributed by atoms with Crippen LogP contribution in [0.15, 0.2) is 29.3 Å². The summed E-state index contributed by atoms with van der Waals surface area (Å²) in [6.07, 6.45) is 3.09. The highest BCUT2D eigenvalue weighted by Crippen LogP contribution is 2.16. The van der Waals surface area contributed by atoms with Gasteiger partial charge in [0.05, 0.1) is 23.4 Å². The van der Waals surface area contributed by atoms with Crippen LogP contribution in [0, 0.1) is 13.8 Å². The number of thiazole rings is 1. The third-order valence-electron chi connectivity index (χ3n) is 5.17. The van der Waals surface area contributed by atoms with Crippen molar-refractivity contribution >= 4 is 23.2 Å². The van der Waals surface area contributed by atoms with Crippen molar-refractivity contribution in [3.63, 3.8) is 0 Å². The molecule has 2 heterocycles. The molecule has 0 spiro atoms.